The molecule has 0 spiro atoms. The van der Waals surface area contributed by atoms with Crippen molar-refractivity contribution in [1.82, 2.24) is 4.90 Å². The third-order valence-electron chi connectivity index (χ3n) is 3.29. The highest BCUT2D eigenvalue weighted by atomic mass is 35.5. The second-order valence-electron chi connectivity index (χ2n) is 4.67. The van der Waals surface area contributed by atoms with Crippen LogP contribution < -0.4 is 11.1 Å². The van der Waals surface area contributed by atoms with E-state index >= 15 is 0 Å². The first-order chi connectivity index (χ1) is 9.49. The fourth-order valence-electron chi connectivity index (χ4n) is 2.07. The van der Waals surface area contributed by atoms with Crippen LogP contribution in [-0.2, 0) is 9.53 Å². The minimum atomic E-state index is -0.274. The highest BCUT2D eigenvalue weighted by Crippen LogP contribution is 2.33. The SMILES string of the molecule is CC(C(=O)Nc1c(Cl)cc(N)cc1Cl)N1CCOCC1. The van der Waals surface area contributed by atoms with Gasteiger partial charge in [0, 0.05) is 18.8 Å². The molecule has 0 saturated carbocycles. The minimum Gasteiger partial charge on any atom is -0.399 e. The van der Waals surface area contributed by atoms with E-state index in [0.29, 0.717) is 34.6 Å². The van der Waals surface area contributed by atoms with Crippen molar-refractivity contribution in [2.75, 3.05) is 37.4 Å². The highest BCUT2D eigenvalue weighted by Gasteiger charge is 2.24. The Balaban J connectivity index is 2.07. The molecule has 1 saturated heterocycles. The van der Waals surface area contributed by atoms with Gasteiger partial charge in [-0.1, -0.05) is 23.2 Å². The number of anilines is 2. The molecule has 3 N–H and O–H groups in total. The second-order valence-corrected chi connectivity index (χ2v) is 5.49. The lowest BCUT2D eigenvalue weighted by Gasteiger charge is -2.31. The largest absolute Gasteiger partial charge is 0.399 e. The average Bonchev–Trinajstić information content (AvgIpc) is 2.42. The van der Waals surface area contributed by atoms with Gasteiger partial charge in [0.05, 0.1) is 35.0 Å². The molecular formula is C13H17Cl2N3O2. The van der Waals surface area contributed by atoms with Crippen LogP contribution in [0.15, 0.2) is 12.1 Å². The van der Waals surface area contributed by atoms with E-state index in [4.69, 9.17) is 33.7 Å². The number of hydrogen-bond donors (Lipinski definition) is 2. The number of nitrogen functional groups attached to an aromatic ring is 1. The lowest BCUT2D eigenvalue weighted by molar-refractivity contribution is -0.122. The van der Waals surface area contributed by atoms with E-state index in [1.165, 1.54) is 0 Å². The normalized spacial score (nSPS) is 17.8. The van der Waals surface area contributed by atoms with E-state index < -0.39 is 0 Å². The van der Waals surface area contributed by atoms with Crippen molar-refractivity contribution in [3.05, 3.63) is 22.2 Å². The molecule has 1 aliphatic heterocycles. The maximum Gasteiger partial charge on any atom is 0.241 e. The molecule has 0 aromatic heterocycles. The maximum atomic E-state index is 12.3. The van der Waals surface area contributed by atoms with Crippen LogP contribution in [0.25, 0.3) is 0 Å². The third kappa shape index (κ3) is 3.55. The summed E-state index contributed by atoms with van der Waals surface area (Å²) in [6, 6.07) is 2.84. The molecule has 1 heterocycles. The standard InChI is InChI=1S/C13H17Cl2N3O2/c1-8(18-2-4-20-5-3-18)13(19)17-12-10(14)6-9(16)7-11(12)15/h6-8H,2-5,16H2,1H3,(H,17,19). The first kappa shape index (κ1) is 15.4. The number of nitrogens with one attached hydrogen (secondary N) is 1. The summed E-state index contributed by atoms with van der Waals surface area (Å²) in [5, 5.41) is 3.42. The van der Waals surface area contributed by atoms with Gasteiger partial charge in [0.15, 0.2) is 0 Å². The fourth-order valence-corrected chi connectivity index (χ4v) is 2.67. The number of nitrogens with two attached hydrogens (primary N) is 1. The van der Waals surface area contributed by atoms with Crippen molar-refractivity contribution in [3.8, 4) is 0 Å². The minimum absolute atomic E-state index is 0.152. The zero-order valence-corrected chi connectivity index (χ0v) is 12.7. The summed E-state index contributed by atoms with van der Waals surface area (Å²) in [7, 11) is 0. The predicted octanol–water partition coefficient (Wildman–Crippen LogP) is 2.23. The highest BCUT2D eigenvalue weighted by molar-refractivity contribution is 6.40. The van der Waals surface area contributed by atoms with Crippen molar-refractivity contribution in [2.45, 2.75) is 13.0 Å². The number of halogens is 2. The second kappa shape index (κ2) is 6.63. The molecule has 2 rings (SSSR count). The van der Waals surface area contributed by atoms with Gasteiger partial charge in [0.25, 0.3) is 0 Å². The van der Waals surface area contributed by atoms with Crippen molar-refractivity contribution >= 4 is 40.5 Å². The molecule has 5 nitrogen and oxygen atoms in total. The van der Waals surface area contributed by atoms with Gasteiger partial charge >= 0.3 is 0 Å². The van der Waals surface area contributed by atoms with E-state index in [-0.39, 0.29) is 11.9 Å². The van der Waals surface area contributed by atoms with Gasteiger partial charge in [0.2, 0.25) is 5.91 Å². The number of rotatable bonds is 3. The van der Waals surface area contributed by atoms with E-state index in [2.05, 4.69) is 10.2 Å². The first-order valence-electron chi connectivity index (χ1n) is 6.36. The number of nitrogens with zero attached hydrogens (tertiary/aromatic N) is 1. The topological polar surface area (TPSA) is 67.6 Å². The lowest BCUT2D eigenvalue weighted by Crippen LogP contribution is -2.47. The van der Waals surface area contributed by atoms with Gasteiger partial charge in [-0.2, -0.15) is 0 Å². The Bertz CT molecular complexity index is 481. The molecular weight excluding hydrogens is 301 g/mol. The summed E-state index contributed by atoms with van der Waals surface area (Å²) in [5.74, 6) is -0.152. The van der Waals surface area contributed by atoms with E-state index in [9.17, 15) is 4.79 Å². The zero-order valence-electron chi connectivity index (χ0n) is 11.2. The summed E-state index contributed by atoms with van der Waals surface area (Å²) in [5.41, 5.74) is 6.49. The van der Waals surface area contributed by atoms with Crippen molar-refractivity contribution in [1.29, 1.82) is 0 Å². The van der Waals surface area contributed by atoms with Crippen LogP contribution in [0.5, 0.6) is 0 Å². The average molecular weight is 318 g/mol. The predicted molar refractivity (Wildman–Crippen MR) is 81.4 cm³/mol. The molecule has 0 bridgehead atoms. The number of carbonyl (C=O) groups is 1. The van der Waals surface area contributed by atoms with Crippen LogP contribution in [-0.4, -0.2) is 43.2 Å². The molecule has 0 radical (unpaired) electrons. The van der Waals surface area contributed by atoms with Gasteiger partial charge in [-0.25, -0.2) is 0 Å². The van der Waals surface area contributed by atoms with Crippen LogP contribution in [0.3, 0.4) is 0 Å². The molecule has 1 aliphatic rings. The Kier molecular flexibility index (Phi) is 5.10. The summed E-state index contributed by atoms with van der Waals surface area (Å²) in [6.07, 6.45) is 0. The Hall–Kier alpha value is -1.01. The number of morpholine rings is 1. The summed E-state index contributed by atoms with van der Waals surface area (Å²) in [4.78, 5) is 14.3. The zero-order chi connectivity index (χ0) is 14.7. The van der Waals surface area contributed by atoms with Gasteiger partial charge in [-0.05, 0) is 19.1 Å². The summed E-state index contributed by atoms with van der Waals surface area (Å²) in [6.45, 7) is 4.59. The summed E-state index contributed by atoms with van der Waals surface area (Å²) < 4.78 is 5.27. The first-order valence-corrected chi connectivity index (χ1v) is 7.12. The van der Waals surface area contributed by atoms with Gasteiger partial charge in [0.1, 0.15) is 0 Å². The van der Waals surface area contributed by atoms with Gasteiger partial charge in [-0.15, -0.1) is 0 Å². The maximum absolute atomic E-state index is 12.3. The molecule has 1 aromatic carbocycles. The molecule has 1 aromatic rings. The molecule has 110 valence electrons. The number of amides is 1. The van der Waals surface area contributed by atoms with Gasteiger partial charge in [-0.3, -0.25) is 9.69 Å². The van der Waals surface area contributed by atoms with Crippen molar-refractivity contribution < 1.29 is 9.53 Å². The van der Waals surface area contributed by atoms with Gasteiger partial charge < -0.3 is 15.8 Å². The number of hydrogen-bond acceptors (Lipinski definition) is 4. The van der Waals surface area contributed by atoms with Crippen LogP contribution in [0.1, 0.15) is 6.92 Å². The quantitative estimate of drug-likeness (QED) is 0.839. The Labute approximate surface area is 128 Å². The molecule has 0 aliphatic carbocycles. The van der Waals surface area contributed by atoms with Crippen LogP contribution in [0.4, 0.5) is 11.4 Å². The van der Waals surface area contributed by atoms with Crippen LogP contribution in [0, 0.1) is 0 Å². The summed E-state index contributed by atoms with van der Waals surface area (Å²) >= 11 is 12.1. The molecule has 1 unspecified atom stereocenters. The third-order valence-corrected chi connectivity index (χ3v) is 3.88. The Morgan fingerprint density at radius 3 is 2.45 bits per heavy atom. The van der Waals surface area contributed by atoms with E-state index in [0.717, 1.165) is 13.1 Å². The molecule has 1 atom stereocenters. The van der Waals surface area contributed by atoms with Crippen molar-refractivity contribution in [2.24, 2.45) is 0 Å². The van der Waals surface area contributed by atoms with Crippen LogP contribution >= 0.6 is 23.2 Å². The Morgan fingerprint density at radius 1 is 1.35 bits per heavy atom. The lowest BCUT2D eigenvalue weighted by atomic mass is 10.2. The Morgan fingerprint density at radius 2 is 1.90 bits per heavy atom. The van der Waals surface area contributed by atoms with Crippen molar-refractivity contribution in [3.63, 3.8) is 0 Å². The number of ether oxygens (including phenoxy) is 1. The molecule has 1 amide bonds. The van der Waals surface area contributed by atoms with Crippen LogP contribution in [0.2, 0.25) is 10.0 Å². The van der Waals surface area contributed by atoms with E-state index in [1.807, 2.05) is 6.92 Å². The fraction of sp³-hybridized carbons (Fsp3) is 0.462. The monoisotopic (exact) mass is 317 g/mol. The number of benzene rings is 1. The number of carbonyl (C=O) groups excluding carboxylic acids is 1. The smallest absolute Gasteiger partial charge is 0.241 e. The van der Waals surface area contributed by atoms with E-state index in [1.54, 1.807) is 12.1 Å². The molecule has 7 heteroatoms. The molecule has 20 heavy (non-hydrogen) atoms. The molecule has 1 fully saturated rings.